The molecule has 2 aromatic carbocycles. The lowest BCUT2D eigenvalue weighted by molar-refractivity contribution is 0.0946. The van der Waals surface area contributed by atoms with Crippen LogP contribution < -0.4 is 10.9 Å². The van der Waals surface area contributed by atoms with Crippen LogP contribution in [0.15, 0.2) is 53.5 Å². The second kappa shape index (κ2) is 6.62. The fraction of sp³-hybridized carbons (Fsp3) is 0.111. The SMILES string of the molecule is O=C1NCCc2cc(F)ccc21.O=c1[nH]ccc2cc(F)ccc12. The third-order valence-electron chi connectivity index (χ3n) is 3.73. The Morgan fingerprint density at radius 2 is 1.67 bits per heavy atom. The molecule has 1 aliphatic heterocycles. The number of hydrogen-bond acceptors (Lipinski definition) is 2. The van der Waals surface area contributed by atoms with Crippen LogP contribution in [0.25, 0.3) is 10.8 Å². The molecule has 0 aliphatic carbocycles. The van der Waals surface area contributed by atoms with Gasteiger partial charge in [-0.25, -0.2) is 8.78 Å². The van der Waals surface area contributed by atoms with Crippen LogP contribution in [0.3, 0.4) is 0 Å². The average Bonchev–Trinajstić information content (AvgIpc) is 2.55. The number of aromatic nitrogens is 1. The van der Waals surface area contributed by atoms with E-state index in [4.69, 9.17) is 0 Å². The monoisotopic (exact) mass is 328 g/mol. The maximum absolute atomic E-state index is 12.7. The smallest absolute Gasteiger partial charge is 0.255 e. The lowest BCUT2D eigenvalue weighted by Crippen LogP contribution is -2.31. The van der Waals surface area contributed by atoms with Gasteiger partial charge in [-0.2, -0.15) is 0 Å². The second-order valence-corrected chi connectivity index (χ2v) is 5.35. The molecule has 24 heavy (non-hydrogen) atoms. The first-order valence-corrected chi connectivity index (χ1v) is 7.38. The minimum atomic E-state index is -0.326. The highest BCUT2D eigenvalue weighted by Gasteiger charge is 2.15. The molecule has 0 atom stereocenters. The van der Waals surface area contributed by atoms with E-state index in [1.165, 1.54) is 42.6 Å². The van der Waals surface area contributed by atoms with Crippen molar-refractivity contribution in [3.8, 4) is 0 Å². The summed E-state index contributed by atoms with van der Waals surface area (Å²) in [6.07, 6.45) is 2.23. The van der Waals surface area contributed by atoms with E-state index in [0.29, 0.717) is 22.9 Å². The number of rotatable bonds is 0. The maximum Gasteiger partial charge on any atom is 0.255 e. The lowest BCUT2D eigenvalue weighted by Gasteiger charge is -2.15. The van der Waals surface area contributed by atoms with Crippen LogP contribution in [0.4, 0.5) is 8.78 Å². The van der Waals surface area contributed by atoms with Gasteiger partial charge in [-0.3, -0.25) is 9.59 Å². The molecule has 3 aromatic rings. The number of carbonyl (C=O) groups is 1. The van der Waals surface area contributed by atoms with Crippen molar-refractivity contribution in [3.63, 3.8) is 0 Å². The van der Waals surface area contributed by atoms with E-state index in [9.17, 15) is 18.4 Å². The van der Waals surface area contributed by atoms with Gasteiger partial charge < -0.3 is 10.3 Å². The Bertz CT molecular complexity index is 967. The van der Waals surface area contributed by atoms with Crippen molar-refractivity contribution in [1.29, 1.82) is 0 Å². The fourth-order valence-electron chi connectivity index (χ4n) is 2.56. The summed E-state index contributed by atoms with van der Waals surface area (Å²) in [5.74, 6) is -0.701. The first-order chi connectivity index (χ1) is 11.5. The van der Waals surface area contributed by atoms with Gasteiger partial charge in [0.2, 0.25) is 0 Å². The van der Waals surface area contributed by atoms with Gasteiger partial charge >= 0.3 is 0 Å². The summed E-state index contributed by atoms with van der Waals surface area (Å²) < 4.78 is 25.3. The molecule has 0 fully saturated rings. The number of halogens is 2. The second-order valence-electron chi connectivity index (χ2n) is 5.35. The minimum Gasteiger partial charge on any atom is -0.352 e. The van der Waals surface area contributed by atoms with Crippen molar-refractivity contribution >= 4 is 16.7 Å². The summed E-state index contributed by atoms with van der Waals surface area (Å²) in [4.78, 5) is 24.8. The highest BCUT2D eigenvalue weighted by Crippen LogP contribution is 2.14. The number of hydrogen-bond donors (Lipinski definition) is 2. The number of pyridine rings is 1. The summed E-state index contributed by atoms with van der Waals surface area (Å²) in [7, 11) is 0. The molecule has 1 aliphatic rings. The van der Waals surface area contributed by atoms with Crippen molar-refractivity contribution < 1.29 is 13.6 Å². The molecular weight excluding hydrogens is 314 g/mol. The predicted octanol–water partition coefficient (Wildman–Crippen LogP) is 2.78. The van der Waals surface area contributed by atoms with E-state index < -0.39 is 0 Å². The summed E-state index contributed by atoms with van der Waals surface area (Å²) in [6.45, 7) is 0.606. The van der Waals surface area contributed by atoms with Gasteiger partial charge in [-0.1, -0.05) is 0 Å². The van der Waals surface area contributed by atoms with Crippen LogP contribution >= 0.6 is 0 Å². The molecule has 2 N–H and O–H groups in total. The largest absolute Gasteiger partial charge is 0.352 e. The topological polar surface area (TPSA) is 62.0 Å². The number of carbonyl (C=O) groups excluding carboxylic acids is 1. The zero-order chi connectivity index (χ0) is 17.1. The summed E-state index contributed by atoms with van der Waals surface area (Å²) in [5, 5.41) is 3.83. The standard InChI is InChI=1S/C9H8FNO.C9H6FNO/c2*10-7-1-2-8-6(5-7)3-4-11-9(8)12/h1-2,5H,3-4H2,(H,11,12);1-5H,(H,11,12). The van der Waals surface area contributed by atoms with Crippen LogP contribution in [0, 0.1) is 11.6 Å². The van der Waals surface area contributed by atoms with E-state index in [0.717, 1.165) is 12.0 Å². The van der Waals surface area contributed by atoms with Gasteiger partial charge in [0.1, 0.15) is 11.6 Å². The zero-order valence-electron chi connectivity index (χ0n) is 12.6. The van der Waals surface area contributed by atoms with Crippen LogP contribution in [-0.2, 0) is 6.42 Å². The van der Waals surface area contributed by atoms with Gasteiger partial charge in [0.05, 0.1) is 0 Å². The molecule has 4 nitrogen and oxygen atoms in total. The number of H-pyrrole nitrogens is 1. The Morgan fingerprint density at radius 3 is 2.50 bits per heavy atom. The first-order valence-electron chi connectivity index (χ1n) is 7.38. The normalized spacial score (nSPS) is 12.8. The van der Waals surface area contributed by atoms with Gasteiger partial charge in [0, 0.05) is 23.7 Å². The summed E-state index contributed by atoms with van der Waals surface area (Å²) in [5.41, 5.74) is 1.22. The van der Waals surface area contributed by atoms with Crippen molar-refractivity contribution in [1.82, 2.24) is 10.3 Å². The quantitative estimate of drug-likeness (QED) is 0.666. The summed E-state index contributed by atoms with van der Waals surface area (Å²) in [6, 6.07) is 10.0. The molecule has 0 radical (unpaired) electrons. The third kappa shape index (κ3) is 3.32. The van der Waals surface area contributed by atoms with Crippen molar-refractivity contribution in [2.75, 3.05) is 6.54 Å². The number of benzene rings is 2. The van der Waals surface area contributed by atoms with Crippen LogP contribution in [0.2, 0.25) is 0 Å². The van der Waals surface area contributed by atoms with Crippen LogP contribution in [0.5, 0.6) is 0 Å². The Morgan fingerprint density at radius 1 is 0.917 bits per heavy atom. The van der Waals surface area contributed by atoms with E-state index >= 15 is 0 Å². The molecule has 6 heteroatoms. The molecule has 2 heterocycles. The summed E-state index contributed by atoms with van der Waals surface area (Å²) >= 11 is 0. The molecule has 1 aromatic heterocycles. The Balaban J connectivity index is 0.000000141. The molecule has 0 saturated carbocycles. The van der Waals surface area contributed by atoms with Crippen molar-refractivity contribution in [2.45, 2.75) is 6.42 Å². The minimum absolute atomic E-state index is 0.101. The van der Waals surface area contributed by atoms with Gasteiger partial charge in [0.25, 0.3) is 11.5 Å². The molecule has 0 spiro atoms. The van der Waals surface area contributed by atoms with E-state index in [2.05, 4.69) is 10.3 Å². The third-order valence-corrected chi connectivity index (χ3v) is 3.73. The van der Waals surface area contributed by atoms with E-state index in [-0.39, 0.29) is 23.1 Å². The maximum atomic E-state index is 12.7. The first kappa shape index (κ1) is 15.9. The molecule has 1 amide bonds. The van der Waals surface area contributed by atoms with Crippen LogP contribution in [0.1, 0.15) is 15.9 Å². The zero-order valence-corrected chi connectivity index (χ0v) is 12.6. The number of nitrogens with one attached hydrogen (secondary N) is 2. The van der Waals surface area contributed by atoms with Crippen molar-refractivity contribution in [2.24, 2.45) is 0 Å². The van der Waals surface area contributed by atoms with Gasteiger partial charge in [0.15, 0.2) is 0 Å². The average molecular weight is 328 g/mol. The molecular formula is C18H14F2N2O2. The molecule has 4 rings (SSSR count). The van der Waals surface area contributed by atoms with E-state index in [1.807, 2.05) is 0 Å². The van der Waals surface area contributed by atoms with Gasteiger partial charge in [-0.05, 0) is 59.8 Å². The number of aromatic amines is 1. The predicted molar refractivity (Wildman–Crippen MR) is 87.0 cm³/mol. The number of fused-ring (bicyclic) bond motifs is 2. The fourth-order valence-corrected chi connectivity index (χ4v) is 2.56. The molecule has 0 bridgehead atoms. The molecule has 122 valence electrons. The Labute approximate surface area is 136 Å². The highest BCUT2D eigenvalue weighted by molar-refractivity contribution is 5.96. The molecule has 0 saturated heterocycles. The van der Waals surface area contributed by atoms with E-state index in [1.54, 1.807) is 6.07 Å². The highest BCUT2D eigenvalue weighted by atomic mass is 19.1. The molecule has 0 unspecified atom stereocenters. The number of amides is 1. The van der Waals surface area contributed by atoms with Gasteiger partial charge in [-0.15, -0.1) is 0 Å². The Hall–Kier alpha value is -3.02. The lowest BCUT2D eigenvalue weighted by atomic mass is 10.0. The Kier molecular flexibility index (Phi) is 4.37. The van der Waals surface area contributed by atoms with Crippen LogP contribution in [-0.4, -0.2) is 17.4 Å². The van der Waals surface area contributed by atoms with Crippen molar-refractivity contribution in [3.05, 3.63) is 81.8 Å².